The van der Waals surface area contributed by atoms with Crippen molar-refractivity contribution >= 4 is 0 Å². The third-order valence-electron chi connectivity index (χ3n) is 9.29. The summed E-state index contributed by atoms with van der Waals surface area (Å²) in [5.41, 5.74) is 0.664. The first-order chi connectivity index (χ1) is 13.8. The molecule has 30 heavy (non-hydrogen) atoms. The summed E-state index contributed by atoms with van der Waals surface area (Å²) in [6.45, 7) is 18.8. The lowest BCUT2D eigenvalue weighted by Gasteiger charge is -2.54. The van der Waals surface area contributed by atoms with Crippen molar-refractivity contribution in [1.82, 2.24) is 0 Å². The molecule has 0 radical (unpaired) electrons. The van der Waals surface area contributed by atoms with Gasteiger partial charge in [0.15, 0.2) is 0 Å². The average molecular weight is 423 g/mol. The highest BCUT2D eigenvalue weighted by molar-refractivity contribution is 4.99. The smallest absolute Gasteiger partial charge is 0.0573 e. The normalized spacial score (nSPS) is 35.8. The summed E-state index contributed by atoms with van der Waals surface area (Å²) in [5, 5.41) is 21.6. The summed E-state index contributed by atoms with van der Waals surface area (Å²) < 4.78 is 0. The van der Waals surface area contributed by atoms with E-state index in [1.165, 1.54) is 57.8 Å². The molecule has 2 fully saturated rings. The van der Waals surface area contributed by atoms with E-state index in [0.717, 1.165) is 12.8 Å². The minimum absolute atomic E-state index is 0.138. The number of hydrogen-bond acceptors (Lipinski definition) is 2. The van der Waals surface area contributed by atoms with Crippen LogP contribution in [0.1, 0.15) is 126 Å². The van der Waals surface area contributed by atoms with Gasteiger partial charge in [-0.3, -0.25) is 0 Å². The Balaban J connectivity index is 2.26. The van der Waals surface area contributed by atoms with Gasteiger partial charge in [0.05, 0.1) is 12.2 Å². The molecule has 0 aliphatic heterocycles. The van der Waals surface area contributed by atoms with E-state index in [0.29, 0.717) is 29.1 Å². The fourth-order valence-corrected chi connectivity index (χ4v) is 7.04. The van der Waals surface area contributed by atoms with Gasteiger partial charge in [0, 0.05) is 0 Å². The average Bonchev–Trinajstić information content (AvgIpc) is 2.64. The second-order valence-corrected chi connectivity index (χ2v) is 13.4. The molecule has 0 bridgehead atoms. The molecule has 0 aromatic rings. The molecule has 2 nitrogen and oxygen atoms in total. The van der Waals surface area contributed by atoms with Crippen LogP contribution in [0, 0.1) is 39.9 Å². The topological polar surface area (TPSA) is 40.5 Å². The van der Waals surface area contributed by atoms with Gasteiger partial charge in [-0.2, -0.15) is 0 Å². The van der Waals surface area contributed by atoms with E-state index < -0.39 is 0 Å². The summed E-state index contributed by atoms with van der Waals surface area (Å²) in [4.78, 5) is 0. The van der Waals surface area contributed by atoms with Crippen molar-refractivity contribution in [3.05, 3.63) is 0 Å². The molecule has 2 N–H and O–H groups in total. The molecule has 178 valence electrons. The maximum Gasteiger partial charge on any atom is 0.0573 e. The summed E-state index contributed by atoms with van der Waals surface area (Å²) >= 11 is 0. The lowest BCUT2D eigenvalue weighted by Crippen LogP contribution is -2.48. The van der Waals surface area contributed by atoms with Gasteiger partial charge in [-0.25, -0.2) is 0 Å². The monoisotopic (exact) mass is 422 g/mol. The molecule has 2 rings (SSSR count). The molecule has 2 aliphatic carbocycles. The zero-order valence-electron chi connectivity index (χ0n) is 21.6. The Bertz CT molecular complexity index is 474. The first-order valence-corrected chi connectivity index (χ1v) is 13.2. The number of hydrogen-bond donors (Lipinski definition) is 2. The number of aliphatic hydroxyl groups excluding tert-OH is 2. The van der Waals surface area contributed by atoms with E-state index >= 15 is 0 Å². The van der Waals surface area contributed by atoms with E-state index in [2.05, 4.69) is 55.4 Å². The van der Waals surface area contributed by atoms with Crippen LogP contribution in [-0.4, -0.2) is 22.4 Å². The minimum atomic E-state index is -0.138. The minimum Gasteiger partial charge on any atom is -0.393 e. The maximum absolute atomic E-state index is 10.8. The lowest BCUT2D eigenvalue weighted by molar-refractivity contribution is -0.0850. The second-order valence-electron chi connectivity index (χ2n) is 13.4. The molecule has 2 aliphatic rings. The molecule has 0 heterocycles. The third kappa shape index (κ3) is 6.25. The predicted molar refractivity (Wildman–Crippen MR) is 129 cm³/mol. The fourth-order valence-electron chi connectivity index (χ4n) is 7.04. The van der Waals surface area contributed by atoms with Crippen molar-refractivity contribution in [3.8, 4) is 0 Å². The Morgan fingerprint density at radius 3 is 1.43 bits per heavy atom. The van der Waals surface area contributed by atoms with Crippen molar-refractivity contribution in [2.45, 2.75) is 138 Å². The van der Waals surface area contributed by atoms with Crippen LogP contribution >= 0.6 is 0 Å². The molecule has 2 heteroatoms. The standard InChI is InChI=1S/C28H54O2/c1-9-10-11-12-17-28(8,20-13-15-24(29)22(18-20)26(2,3)4)21-14-16-25(30)23(19-21)27(5,6)7/h20-25,29-30H,9-19H2,1-8H3. The van der Waals surface area contributed by atoms with Gasteiger partial charge in [0.2, 0.25) is 0 Å². The van der Waals surface area contributed by atoms with Gasteiger partial charge < -0.3 is 10.2 Å². The van der Waals surface area contributed by atoms with Gasteiger partial charge in [-0.05, 0) is 84.9 Å². The van der Waals surface area contributed by atoms with Crippen LogP contribution < -0.4 is 0 Å². The van der Waals surface area contributed by atoms with E-state index in [-0.39, 0.29) is 23.0 Å². The number of unbranched alkanes of at least 4 members (excludes halogenated alkanes) is 3. The van der Waals surface area contributed by atoms with E-state index in [9.17, 15) is 10.2 Å². The summed E-state index contributed by atoms with van der Waals surface area (Å²) in [6.07, 6.45) is 13.0. The fraction of sp³-hybridized carbons (Fsp3) is 1.00. The molecule has 0 spiro atoms. The predicted octanol–water partition coefficient (Wildman–Crippen LogP) is 7.61. The Kier molecular flexibility index (Phi) is 8.93. The van der Waals surface area contributed by atoms with E-state index in [1.54, 1.807) is 0 Å². The van der Waals surface area contributed by atoms with Crippen LogP contribution in [-0.2, 0) is 0 Å². The van der Waals surface area contributed by atoms with Crippen molar-refractivity contribution in [2.75, 3.05) is 0 Å². The molecule has 2 saturated carbocycles. The third-order valence-corrected chi connectivity index (χ3v) is 9.29. The van der Waals surface area contributed by atoms with Crippen LogP contribution in [0.4, 0.5) is 0 Å². The first kappa shape index (κ1) is 26.2. The molecule has 0 aromatic heterocycles. The zero-order chi connectivity index (χ0) is 22.7. The SMILES string of the molecule is CCCCCCC(C)(C1CCC(O)C(C(C)(C)C)C1)C1CCC(O)C(C(C)(C)C)C1. The van der Waals surface area contributed by atoms with E-state index in [4.69, 9.17) is 0 Å². The zero-order valence-corrected chi connectivity index (χ0v) is 21.6. The van der Waals surface area contributed by atoms with Crippen LogP contribution in [0.3, 0.4) is 0 Å². The van der Waals surface area contributed by atoms with Gasteiger partial charge in [0.25, 0.3) is 0 Å². The highest BCUT2D eigenvalue weighted by atomic mass is 16.3. The van der Waals surface area contributed by atoms with Gasteiger partial charge in [-0.1, -0.05) is 81.1 Å². The summed E-state index contributed by atoms with van der Waals surface area (Å²) in [5.74, 6) is 2.21. The highest BCUT2D eigenvalue weighted by Gasteiger charge is 2.49. The Hall–Kier alpha value is -0.0800. The lowest BCUT2D eigenvalue weighted by atomic mass is 9.52. The second kappa shape index (κ2) is 10.2. The van der Waals surface area contributed by atoms with E-state index in [1.807, 2.05) is 0 Å². The van der Waals surface area contributed by atoms with Crippen LogP contribution in [0.5, 0.6) is 0 Å². The molecule has 0 aromatic carbocycles. The molecule has 0 saturated heterocycles. The van der Waals surface area contributed by atoms with Crippen LogP contribution in [0.25, 0.3) is 0 Å². The number of rotatable bonds is 7. The Morgan fingerprint density at radius 1 is 0.633 bits per heavy atom. The molecular weight excluding hydrogens is 368 g/mol. The number of aliphatic hydroxyl groups is 2. The first-order valence-electron chi connectivity index (χ1n) is 13.2. The van der Waals surface area contributed by atoms with Crippen molar-refractivity contribution in [2.24, 2.45) is 39.9 Å². The van der Waals surface area contributed by atoms with Gasteiger partial charge in [-0.15, -0.1) is 0 Å². The molecule has 0 amide bonds. The quantitative estimate of drug-likeness (QED) is 0.414. The van der Waals surface area contributed by atoms with Crippen LogP contribution in [0.15, 0.2) is 0 Å². The molecule has 6 atom stereocenters. The van der Waals surface area contributed by atoms with Crippen molar-refractivity contribution < 1.29 is 10.2 Å². The Labute approximate surface area is 188 Å². The molecular formula is C28H54O2. The van der Waals surface area contributed by atoms with Crippen molar-refractivity contribution in [1.29, 1.82) is 0 Å². The highest BCUT2D eigenvalue weighted by Crippen LogP contribution is 2.56. The van der Waals surface area contributed by atoms with Crippen LogP contribution in [0.2, 0.25) is 0 Å². The summed E-state index contributed by atoms with van der Waals surface area (Å²) in [7, 11) is 0. The molecule has 6 unspecified atom stereocenters. The Morgan fingerprint density at radius 2 is 1.07 bits per heavy atom. The van der Waals surface area contributed by atoms with Gasteiger partial charge in [0.1, 0.15) is 0 Å². The summed E-state index contributed by atoms with van der Waals surface area (Å²) in [6, 6.07) is 0. The van der Waals surface area contributed by atoms with Crippen molar-refractivity contribution in [3.63, 3.8) is 0 Å². The maximum atomic E-state index is 10.8. The van der Waals surface area contributed by atoms with Gasteiger partial charge >= 0.3 is 0 Å². The largest absolute Gasteiger partial charge is 0.393 e.